The second kappa shape index (κ2) is 8.29. The summed E-state index contributed by atoms with van der Waals surface area (Å²) >= 11 is 5.38. The number of carbonyl (C=O) groups is 1. The zero-order valence-electron chi connectivity index (χ0n) is 12.5. The molecule has 0 aliphatic rings. The minimum absolute atomic E-state index is 0.306. The summed E-state index contributed by atoms with van der Waals surface area (Å²) < 4.78 is 4.87. The first-order chi connectivity index (χ1) is 10.7. The summed E-state index contributed by atoms with van der Waals surface area (Å²) in [5.74, 6) is -0.306. The molecule has 22 heavy (non-hydrogen) atoms. The van der Waals surface area contributed by atoms with Crippen molar-refractivity contribution >= 4 is 23.2 Å². The standard InChI is InChI=1S/C18H19NO2S/c1-21-18(20)16(12-14-8-4-2-5-9-14)19-17(22)13-15-10-6-3-7-11-15/h2-11,16H,12-13H2,1H3,(H,19,22)/t16-/m0/s1. The van der Waals surface area contributed by atoms with Crippen LogP contribution in [0.1, 0.15) is 11.1 Å². The number of methoxy groups -OCH3 is 1. The minimum atomic E-state index is -0.469. The third-order valence-electron chi connectivity index (χ3n) is 3.31. The van der Waals surface area contributed by atoms with Gasteiger partial charge in [0.1, 0.15) is 6.04 Å². The fraction of sp³-hybridized carbons (Fsp3) is 0.222. The van der Waals surface area contributed by atoms with Crippen LogP contribution in [0.4, 0.5) is 0 Å². The first-order valence-electron chi connectivity index (χ1n) is 7.14. The molecule has 0 saturated carbocycles. The highest BCUT2D eigenvalue weighted by molar-refractivity contribution is 7.80. The first kappa shape index (κ1) is 16.2. The Morgan fingerprint density at radius 2 is 1.59 bits per heavy atom. The quantitative estimate of drug-likeness (QED) is 0.657. The van der Waals surface area contributed by atoms with E-state index in [-0.39, 0.29) is 5.97 Å². The molecule has 1 N–H and O–H groups in total. The van der Waals surface area contributed by atoms with Crippen LogP contribution >= 0.6 is 12.2 Å². The average molecular weight is 313 g/mol. The molecule has 0 spiro atoms. The van der Waals surface area contributed by atoms with Gasteiger partial charge in [0.2, 0.25) is 0 Å². The van der Waals surface area contributed by atoms with Crippen molar-refractivity contribution in [2.75, 3.05) is 7.11 Å². The van der Waals surface area contributed by atoms with E-state index in [1.807, 2.05) is 60.7 Å². The molecule has 0 unspecified atom stereocenters. The normalized spacial score (nSPS) is 11.5. The van der Waals surface area contributed by atoms with Gasteiger partial charge >= 0.3 is 5.97 Å². The molecule has 0 bridgehead atoms. The van der Waals surface area contributed by atoms with E-state index in [2.05, 4.69) is 5.32 Å². The summed E-state index contributed by atoms with van der Waals surface area (Å²) in [5, 5.41) is 3.12. The van der Waals surface area contributed by atoms with Crippen molar-refractivity contribution in [1.82, 2.24) is 5.32 Å². The number of thiocarbonyl (C=S) groups is 1. The van der Waals surface area contributed by atoms with Crippen LogP contribution in [0.15, 0.2) is 60.7 Å². The molecule has 3 nitrogen and oxygen atoms in total. The SMILES string of the molecule is COC(=O)[C@H](Cc1ccccc1)NC(=S)Cc1ccccc1. The zero-order valence-corrected chi connectivity index (χ0v) is 13.3. The van der Waals surface area contributed by atoms with Crippen molar-refractivity contribution in [2.45, 2.75) is 18.9 Å². The summed E-state index contributed by atoms with van der Waals surface area (Å²) in [6.45, 7) is 0. The third kappa shape index (κ3) is 4.97. The number of ether oxygens (including phenoxy) is 1. The van der Waals surface area contributed by atoms with E-state index >= 15 is 0 Å². The van der Waals surface area contributed by atoms with E-state index in [1.165, 1.54) is 7.11 Å². The Labute approximate surface area is 136 Å². The Hall–Kier alpha value is -2.20. The van der Waals surface area contributed by atoms with Crippen molar-refractivity contribution < 1.29 is 9.53 Å². The molecule has 0 fully saturated rings. The molecule has 0 radical (unpaired) electrons. The molecule has 4 heteroatoms. The van der Waals surface area contributed by atoms with Gasteiger partial charge in [0.15, 0.2) is 0 Å². The number of hydrogen-bond donors (Lipinski definition) is 1. The lowest BCUT2D eigenvalue weighted by atomic mass is 10.1. The fourth-order valence-electron chi connectivity index (χ4n) is 2.21. The van der Waals surface area contributed by atoms with Crippen LogP contribution in [-0.4, -0.2) is 24.1 Å². The minimum Gasteiger partial charge on any atom is -0.467 e. The molecular weight excluding hydrogens is 294 g/mol. The van der Waals surface area contributed by atoms with Gasteiger partial charge in [-0.1, -0.05) is 72.9 Å². The summed E-state index contributed by atoms with van der Waals surface area (Å²) in [4.78, 5) is 12.6. The molecule has 0 aromatic heterocycles. The predicted octanol–water partition coefficient (Wildman–Crippen LogP) is 2.93. The van der Waals surface area contributed by atoms with Crippen LogP contribution in [0.3, 0.4) is 0 Å². The van der Waals surface area contributed by atoms with Crippen LogP contribution in [0.5, 0.6) is 0 Å². The Bertz CT molecular complexity index is 613. The Morgan fingerprint density at radius 3 is 2.14 bits per heavy atom. The molecular formula is C18H19NO2S. The first-order valence-corrected chi connectivity index (χ1v) is 7.55. The van der Waals surface area contributed by atoms with Gasteiger partial charge in [0.25, 0.3) is 0 Å². The van der Waals surface area contributed by atoms with Crippen LogP contribution in [0.2, 0.25) is 0 Å². The molecule has 0 amide bonds. The monoisotopic (exact) mass is 313 g/mol. The highest BCUT2D eigenvalue weighted by atomic mass is 32.1. The van der Waals surface area contributed by atoms with E-state index in [0.717, 1.165) is 11.1 Å². The van der Waals surface area contributed by atoms with Crippen LogP contribution in [-0.2, 0) is 22.4 Å². The molecule has 0 aliphatic carbocycles. The van der Waals surface area contributed by atoms with Crippen molar-refractivity contribution in [3.63, 3.8) is 0 Å². The van der Waals surface area contributed by atoms with Gasteiger partial charge in [0.05, 0.1) is 12.1 Å². The molecule has 1 atom stereocenters. The number of rotatable bonds is 6. The molecule has 0 saturated heterocycles. The molecule has 2 aromatic carbocycles. The smallest absolute Gasteiger partial charge is 0.328 e. The lowest BCUT2D eigenvalue weighted by Crippen LogP contribution is -2.43. The van der Waals surface area contributed by atoms with Gasteiger partial charge in [-0.3, -0.25) is 0 Å². The number of hydrogen-bond acceptors (Lipinski definition) is 3. The lowest BCUT2D eigenvalue weighted by molar-refractivity contribution is -0.142. The summed E-state index contributed by atoms with van der Waals surface area (Å²) in [6, 6.07) is 19.3. The Balaban J connectivity index is 2.00. The lowest BCUT2D eigenvalue weighted by Gasteiger charge is -2.18. The van der Waals surface area contributed by atoms with Gasteiger partial charge in [0, 0.05) is 12.8 Å². The van der Waals surface area contributed by atoms with Gasteiger partial charge in [-0.2, -0.15) is 0 Å². The second-order valence-electron chi connectivity index (χ2n) is 5.00. The zero-order chi connectivity index (χ0) is 15.8. The van der Waals surface area contributed by atoms with Crippen LogP contribution in [0, 0.1) is 0 Å². The maximum Gasteiger partial charge on any atom is 0.328 e. The second-order valence-corrected chi connectivity index (χ2v) is 5.49. The summed E-state index contributed by atoms with van der Waals surface area (Å²) in [7, 11) is 1.39. The summed E-state index contributed by atoms with van der Waals surface area (Å²) in [6.07, 6.45) is 1.15. The largest absolute Gasteiger partial charge is 0.467 e. The van der Waals surface area contributed by atoms with E-state index in [9.17, 15) is 4.79 Å². The number of carbonyl (C=O) groups excluding carboxylic acids is 1. The van der Waals surface area contributed by atoms with E-state index in [0.29, 0.717) is 17.8 Å². The number of benzene rings is 2. The maximum absolute atomic E-state index is 12.0. The topological polar surface area (TPSA) is 38.3 Å². The molecule has 2 rings (SSSR count). The highest BCUT2D eigenvalue weighted by Crippen LogP contribution is 2.06. The van der Waals surface area contributed by atoms with E-state index < -0.39 is 6.04 Å². The highest BCUT2D eigenvalue weighted by Gasteiger charge is 2.20. The van der Waals surface area contributed by atoms with Crippen LogP contribution in [0.25, 0.3) is 0 Å². The Kier molecular flexibility index (Phi) is 6.10. The van der Waals surface area contributed by atoms with Crippen molar-refractivity contribution in [3.8, 4) is 0 Å². The van der Waals surface area contributed by atoms with Gasteiger partial charge in [-0.15, -0.1) is 0 Å². The van der Waals surface area contributed by atoms with Crippen molar-refractivity contribution in [2.24, 2.45) is 0 Å². The predicted molar refractivity (Wildman–Crippen MR) is 91.8 cm³/mol. The number of nitrogens with one attached hydrogen (secondary N) is 1. The fourth-order valence-corrected chi connectivity index (χ4v) is 2.52. The summed E-state index contributed by atoms with van der Waals surface area (Å²) in [5.41, 5.74) is 2.18. The van der Waals surface area contributed by atoms with Crippen molar-refractivity contribution in [1.29, 1.82) is 0 Å². The third-order valence-corrected chi connectivity index (χ3v) is 3.57. The van der Waals surface area contributed by atoms with Gasteiger partial charge in [-0.25, -0.2) is 4.79 Å². The molecule has 2 aromatic rings. The molecule has 0 aliphatic heterocycles. The van der Waals surface area contributed by atoms with Gasteiger partial charge in [-0.05, 0) is 11.1 Å². The maximum atomic E-state index is 12.0. The van der Waals surface area contributed by atoms with Crippen LogP contribution < -0.4 is 5.32 Å². The Morgan fingerprint density at radius 1 is 1.05 bits per heavy atom. The molecule has 114 valence electrons. The van der Waals surface area contributed by atoms with E-state index in [4.69, 9.17) is 17.0 Å². The molecule has 0 heterocycles. The van der Waals surface area contributed by atoms with E-state index in [1.54, 1.807) is 0 Å². The number of esters is 1. The van der Waals surface area contributed by atoms with Gasteiger partial charge < -0.3 is 10.1 Å². The average Bonchev–Trinajstić information content (AvgIpc) is 2.55. The van der Waals surface area contributed by atoms with Crippen molar-refractivity contribution in [3.05, 3.63) is 71.8 Å².